The molecule has 4 aromatic rings. The smallest absolute Gasteiger partial charge is 0.321 e. The van der Waals surface area contributed by atoms with Crippen molar-refractivity contribution >= 4 is 26.6 Å². The van der Waals surface area contributed by atoms with Crippen molar-refractivity contribution < 1.29 is 13.2 Å². The third-order valence-corrected chi connectivity index (χ3v) is 8.32. The Balaban J connectivity index is 1.35. The van der Waals surface area contributed by atoms with Gasteiger partial charge in [0, 0.05) is 35.6 Å². The summed E-state index contributed by atoms with van der Waals surface area (Å²) >= 11 is 0. The minimum atomic E-state index is -3.38. The maximum atomic E-state index is 12.5. The van der Waals surface area contributed by atoms with Gasteiger partial charge in [0.25, 0.3) is 0 Å². The zero-order chi connectivity index (χ0) is 24.7. The molecule has 0 amide bonds. The van der Waals surface area contributed by atoms with Crippen LogP contribution < -0.4 is 9.46 Å². The molecule has 2 aromatic carbocycles. The summed E-state index contributed by atoms with van der Waals surface area (Å²) in [4.78, 5) is 8.25. The molecule has 9 heteroatoms. The third-order valence-electron chi connectivity index (χ3n) is 6.86. The van der Waals surface area contributed by atoms with Gasteiger partial charge in [-0.2, -0.15) is 5.26 Å². The molecule has 2 aliphatic carbocycles. The van der Waals surface area contributed by atoms with E-state index in [9.17, 15) is 13.7 Å². The van der Waals surface area contributed by atoms with Crippen LogP contribution in [0.1, 0.15) is 43.7 Å². The zero-order valence-electron chi connectivity index (χ0n) is 19.6. The second-order valence-electron chi connectivity index (χ2n) is 9.51. The molecule has 0 radical (unpaired) electrons. The number of hydrogen-bond acceptors (Lipinski definition) is 6. The van der Waals surface area contributed by atoms with Crippen LogP contribution in [0.25, 0.3) is 22.2 Å². The summed E-state index contributed by atoms with van der Waals surface area (Å²) in [5.41, 5.74) is 3.75. The normalized spacial score (nSPS) is 15.9. The summed E-state index contributed by atoms with van der Waals surface area (Å²) in [7, 11) is -3.38. The van der Waals surface area contributed by atoms with E-state index in [1.54, 1.807) is 30.6 Å². The Bertz CT molecular complexity index is 1570. The first kappa shape index (κ1) is 22.6. The summed E-state index contributed by atoms with van der Waals surface area (Å²) in [5, 5.41) is 11.0. The van der Waals surface area contributed by atoms with E-state index in [0.717, 1.165) is 54.3 Å². The van der Waals surface area contributed by atoms with E-state index in [1.165, 1.54) is 0 Å². The number of hydrogen-bond donors (Lipinski definition) is 1. The number of nitriles is 1. The molecule has 0 spiro atoms. The molecule has 182 valence electrons. The van der Waals surface area contributed by atoms with Crippen molar-refractivity contribution in [1.29, 1.82) is 5.26 Å². The molecule has 6 rings (SSSR count). The molecule has 36 heavy (non-hydrogen) atoms. The predicted molar refractivity (Wildman–Crippen MR) is 137 cm³/mol. The molecular formula is C27H25N5O3S. The van der Waals surface area contributed by atoms with Crippen molar-refractivity contribution in [2.75, 3.05) is 10.5 Å². The Morgan fingerprint density at radius 1 is 1.06 bits per heavy atom. The molecule has 0 bridgehead atoms. The highest BCUT2D eigenvalue weighted by molar-refractivity contribution is 7.92. The first-order chi connectivity index (χ1) is 17.5. The predicted octanol–water partition coefficient (Wildman–Crippen LogP) is 5.64. The average molecular weight is 500 g/mol. The van der Waals surface area contributed by atoms with Gasteiger partial charge in [0.05, 0.1) is 22.5 Å². The zero-order valence-corrected chi connectivity index (χ0v) is 20.4. The molecule has 0 aliphatic heterocycles. The van der Waals surface area contributed by atoms with Crippen LogP contribution in [0.4, 0.5) is 5.69 Å². The first-order valence-corrected chi connectivity index (χ1v) is 13.8. The number of anilines is 1. The van der Waals surface area contributed by atoms with E-state index in [4.69, 9.17) is 4.74 Å². The number of fused-ring (bicyclic) bond motifs is 1. The topological polar surface area (TPSA) is 110 Å². The van der Waals surface area contributed by atoms with Gasteiger partial charge in [-0.3, -0.25) is 4.72 Å². The van der Waals surface area contributed by atoms with Gasteiger partial charge in [-0.25, -0.2) is 18.4 Å². The SMILES string of the molecule is N#Cc1c(-c2ccc(NS(=O)(=O)CC3CCC3)cc2)n(C2CC2)c2cc(Oc3ncccn3)ccc12. The lowest BCUT2D eigenvalue weighted by atomic mass is 9.87. The minimum absolute atomic E-state index is 0.168. The van der Waals surface area contributed by atoms with Crippen molar-refractivity contribution in [2.24, 2.45) is 5.92 Å². The second-order valence-corrected chi connectivity index (χ2v) is 11.3. The maximum absolute atomic E-state index is 12.5. The van der Waals surface area contributed by atoms with E-state index in [-0.39, 0.29) is 17.7 Å². The second kappa shape index (κ2) is 8.95. The lowest BCUT2D eigenvalue weighted by Crippen LogP contribution is -2.26. The highest BCUT2D eigenvalue weighted by atomic mass is 32.2. The number of ether oxygens (including phenoxy) is 1. The lowest BCUT2D eigenvalue weighted by Gasteiger charge is -2.25. The summed E-state index contributed by atoms with van der Waals surface area (Å²) in [6, 6.07) is 17.6. The van der Waals surface area contributed by atoms with Crippen LogP contribution in [-0.4, -0.2) is 28.7 Å². The van der Waals surface area contributed by atoms with Gasteiger partial charge in [0.15, 0.2) is 0 Å². The molecule has 2 aromatic heterocycles. The summed E-state index contributed by atoms with van der Waals surface area (Å²) in [5.74, 6) is 1.03. The molecule has 8 nitrogen and oxygen atoms in total. The maximum Gasteiger partial charge on any atom is 0.321 e. The van der Waals surface area contributed by atoms with Crippen LogP contribution >= 0.6 is 0 Å². The third kappa shape index (κ3) is 4.40. The fraction of sp³-hybridized carbons (Fsp3) is 0.296. The molecule has 0 unspecified atom stereocenters. The summed E-state index contributed by atoms with van der Waals surface area (Å²) < 4.78 is 35.8. The molecule has 0 saturated heterocycles. The Morgan fingerprint density at radius 3 is 2.44 bits per heavy atom. The quantitative estimate of drug-likeness (QED) is 0.336. The van der Waals surface area contributed by atoms with Crippen molar-refractivity contribution in [2.45, 2.75) is 38.1 Å². The van der Waals surface area contributed by atoms with Crippen LogP contribution in [0.2, 0.25) is 0 Å². The van der Waals surface area contributed by atoms with Crippen LogP contribution in [0.5, 0.6) is 11.8 Å². The van der Waals surface area contributed by atoms with Crippen molar-refractivity contribution in [3.63, 3.8) is 0 Å². The van der Waals surface area contributed by atoms with Crippen LogP contribution in [0, 0.1) is 17.2 Å². The number of rotatable bonds is 8. The van der Waals surface area contributed by atoms with Crippen LogP contribution in [0.3, 0.4) is 0 Å². The van der Waals surface area contributed by atoms with Gasteiger partial charge in [-0.1, -0.05) is 18.6 Å². The number of nitrogens with one attached hydrogen (secondary N) is 1. The van der Waals surface area contributed by atoms with E-state index >= 15 is 0 Å². The van der Waals surface area contributed by atoms with Gasteiger partial charge < -0.3 is 9.30 Å². The standard InChI is InChI=1S/C27H25N5O3S/c28-16-24-23-12-11-22(35-27-29-13-2-14-30-27)15-25(23)32(21-9-10-21)26(24)19-5-7-20(8-6-19)31-36(33,34)17-18-3-1-4-18/h2,5-8,11-15,18,21,31H,1,3-4,9-10,17H2. The lowest BCUT2D eigenvalue weighted by molar-refractivity contribution is 0.347. The molecule has 2 fully saturated rings. The molecule has 2 heterocycles. The molecule has 2 saturated carbocycles. The van der Waals surface area contributed by atoms with Crippen LogP contribution in [0.15, 0.2) is 60.9 Å². The van der Waals surface area contributed by atoms with Gasteiger partial charge in [-0.15, -0.1) is 0 Å². The van der Waals surface area contributed by atoms with E-state index in [2.05, 4.69) is 25.3 Å². The van der Waals surface area contributed by atoms with Crippen molar-refractivity contribution in [1.82, 2.24) is 14.5 Å². The Hall–Kier alpha value is -3.90. The number of nitrogens with zero attached hydrogens (tertiary/aromatic N) is 4. The number of sulfonamides is 1. The molecule has 1 N–H and O–H groups in total. The highest BCUT2D eigenvalue weighted by Gasteiger charge is 2.31. The number of benzene rings is 2. The van der Waals surface area contributed by atoms with Gasteiger partial charge in [0.1, 0.15) is 11.8 Å². The highest BCUT2D eigenvalue weighted by Crippen LogP contribution is 2.45. The molecular weight excluding hydrogens is 474 g/mol. The fourth-order valence-electron chi connectivity index (χ4n) is 4.79. The summed E-state index contributed by atoms with van der Waals surface area (Å²) in [6.07, 6.45) is 8.38. The monoisotopic (exact) mass is 499 g/mol. The summed E-state index contributed by atoms with van der Waals surface area (Å²) in [6.45, 7) is 0. The van der Waals surface area contributed by atoms with E-state index in [0.29, 0.717) is 23.0 Å². The van der Waals surface area contributed by atoms with Gasteiger partial charge >= 0.3 is 6.01 Å². The fourth-order valence-corrected chi connectivity index (χ4v) is 6.33. The first-order valence-electron chi connectivity index (χ1n) is 12.1. The molecule has 2 aliphatic rings. The van der Waals surface area contributed by atoms with Gasteiger partial charge in [0.2, 0.25) is 10.0 Å². The average Bonchev–Trinajstić information content (AvgIpc) is 3.64. The molecule has 0 atom stereocenters. The van der Waals surface area contributed by atoms with E-state index in [1.807, 2.05) is 30.3 Å². The Labute approximate surface area is 209 Å². The minimum Gasteiger partial charge on any atom is -0.424 e. The Morgan fingerprint density at radius 2 is 1.81 bits per heavy atom. The van der Waals surface area contributed by atoms with Gasteiger partial charge in [-0.05, 0) is 67.5 Å². The Kier molecular flexibility index (Phi) is 5.61. The van der Waals surface area contributed by atoms with Crippen molar-refractivity contribution in [3.05, 3.63) is 66.5 Å². The number of aromatic nitrogens is 3. The largest absolute Gasteiger partial charge is 0.424 e. The van der Waals surface area contributed by atoms with E-state index < -0.39 is 10.0 Å². The van der Waals surface area contributed by atoms with Crippen LogP contribution in [-0.2, 0) is 10.0 Å². The van der Waals surface area contributed by atoms with Crippen molar-refractivity contribution in [3.8, 4) is 29.1 Å².